The van der Waals surface area contributed by atoms with Crippen LogP contribution in [0.2, 0.25) is 0 Å². The van der Waals surface area contributed by atoms with Crippen molar-refractivity contribution in [1.82, 2.24) is 9.88 Å². The van der Waals surface area contributed by atoms with Gasteiger partial charge in [0.2, 0.25) is 5.91 Å². The van der Waals surface area contributed by atoms with E-state index in [-0.39, 0.29) is 23.1 Å². The summed E-state index contributed by atoms with van der Waals surface area (Å²) in [4.78, 5) is 41.4. The molecule has 0 aliphatic heterocycles. The van der Waals surface area contributed by atoms with Crippen molar-refractivity contribution in [2.75, 3.05) is 30.8 Å². The average molecular weight is 428 g/mol. The second-order valence-corrected chi connectivity index (χ2v) is 6.08. The van der Waals surface area contributed by atoms with Gasteiger partial charge in [-0.3, -0.25) is 10.1 Å². The highest BCUT2D eigenvalue weighted by molar-refractivity contribution is 5.93. The maximum Gasteiger partial charge on any atom is 0.415 e. The number of benzene rings is 1. The highest BCUT2D eigenvalue weighted by Crippen LogP contribution is 2.35. The number of nitrogens with one attached hydrogen (secondary N) is 2. The van der Waals surface area contributed by atoms with Gasteiger partial charge in [-0.15, -0.1) is 5.11 Å². The normalized spacial score (nSPS) is 10.5. The van der Waals surface area contributed by atoms with E-state index in [4.69, 9.17) is 4.74 Å². The first-order chi connectivity index (χ1) is 14.9. The minimum atomic E-state index is -0.833. The quantitative estimate of drug-likeness (QED) is 0.625. The molecule has 1 aromatic carbocycles. The van der Waals surface area contributed by atoms with Crippen molar-refractivity contribution in [1.29, 1.82) is 0 Å². The molecule has 0 unspecified atom stereocenters. The lowest BCUT2D eigenvalue weighted by molar-refractivity contribution is -0.114. The SMILES string of the molecule is CCN(CC)C(=O)Oc1cc(/N=N/c2ccccc2)c(NC(C)=O)nc1NC(=O)OC. The Morgan fingerprint density at radius 3 is 2.29 bits per heavy atom. The number of methoxy groups -OCH3 is 1. The Kier molecular flexibility index (Phi) is 8.43. The summed E-state index contributed by atoms with van der Waals surface area (Å²) in [6.45, 7) is 5.74. The second-order valence-electron chi connectivity index (χ2n) is 6.08. The predicted octanol–water partition coefficient (Wildman–Crippen LogP) is 4.47. The lowest BCUT2D eigenvalue weighted by Gasteiger charge is -2.19. The maximum absolute atomic E-state index is 12.4. The van der Waals surface area contributed by atoms with Crippen LogP contribution in [0.5, 0.6) is 5.75 Å². The molecule has 11 nitrogen and oxygen atoms in total. The largest absolute Gasteiger partial charge is 0.453 e. The number of rotatable bonds is 7. The zero-order valence-corrected chi connectivity index (χ0v) is 17.7. The van der Waals surface area contributed by atoms with Gasteiger partial charge in [0, 0.05) is 26.1 Å². The number of nitrogens with zero attached hydrogens (tertiary/aromatic N) is 4. The first-order valence-corrected chi connectivity index (χ1v) is 9.49. The average Bonchev–Trinajstić information content (AvgIpc) is 2.75. The van der Waals surface area contributed by atoms with Crippen LogP contribution in [0.15, 0.2) is 46.6 Å². The van der Waals surface area contributed by atoms with Gasteiger partial charge in [0.15, 0.2) is 17.4 Å². The molecular weight excluding hydrogens is 404 g/mol. The van der Waals surface area contributed by atoms with Gasteiger partial charge in [-0.25, -0.2) is 14.6 Å². The molecule has 1 heterocycles. The lowest BCUT2D eigenvalue weighted by atomic mass is 10.3. The Balaban J connectivity index is 2.52. The van der Waals surface area contributed by atoms with Crippen LogP contribution in [0.1, 0.15) is 20.8 Å². The lowest BCUT2D eigenvalue weighted by Crippen LogP contribution is -2.33. The molecule has 0 fully saturated rings. The predicted molar refractivity (Wildman–Crippen MR) is 114 cm³/mol. The molecule has 164 valence electrons. The van der Waals surface area contributed by atoms with Gasteiger partial charge >= 0.3 is 12.2 Å². The van der Waals surface area contributed by atoms with Crippen LogP contribution in [0.4, 0.5) is 32.6 Å². The van der Waals surface area contributed by atoms with Crippen molar-refractivity contribution in [3.63, 3.8) is 0 Å². The summed E-state index contributed by atoms with van der Waals surface area (Å²) in [5, 5.41) is 13.1. The Labute approximate surface area is 179 Å². The van der Waals surface area contributed by atoms with Crippen molar-refractivity contribution in [2.24, 2.45) is 10.2 Å². The molecule has 0 bridgehead atoms. The molecule has 31 heavy (non-hydrogen) atoms. The van der Waals surface area contributed by atoms with E-state index >= 15 is 0 Å². The van der Waals surface area contributed by atoms with Crippen molar-refractivity contribution in [3.8, 4) is 5.75 Å². The van der Waals surface area contributed by atoms with Gasteiger partial charge in [-0.2, -0.15) is 5.11 Å². The number of anilines is 2. The zero-order chi connectivity index (χ0) is 22.8. The van der Waals surface area contributed by atoms with E-state index in [2.05, 4.69) is 30.6 Å². The highest BCUT2D eigenvalue weighted by atomic mass is 16.6. The molecule has 2 aromatic rings. The minimum absolute atomic E-state index is 0.0150. The summed E-state index contributed by atoms with van der Waals surface area (Å²) in [6.07, 6.45) is -1.47. The summed E-state index contributed by atoms with van der Waals surface area (Å²) in [5.41, 5.74) is 0.687. The number of carbonyl (C=O) groups is 3. The summed E-state index contributed by atoms with van der Waals surface area (Å²) in [7, 11) is 1.17. The van der Waals surface area contributed by atoms with E-state index in [1.165, 1.54) is 25.0 Å². The molecule has 2 N–H and O–H groups in total. The van der Waals surface area contributed by atoms with Crippen LogP contribution in [0, 0.1) is 0 Å². The molecule has 0 atom stereocenters. The van der Waals surface area contributed by atoms with Crippen LogP contribution in [0.25, 0.3) is 0 Å². The molecule has 0 saturated carbocycles. The number of amides is 3. The van der Waals surface area contributed by atoms with Crippen molar-refractivity contribution in [2.45, 2.75) is 20.8 Å². The van der Waals surface area contributed by atoms with Crippen molar-refractivity contribution < 1.29 is 23.9 Å². The second kappa shape index (κ2) is 11.2. The molecule has 0 aliphatic rings. The number of ether oxygens (including phenoxy) is 2. The maximum atomic E-state index is 12.4. The fraction of sp³-hybridized carbons (Fsp3) is 0.300. The topological polar surface area (TPSA) is 135 Å². The third-order valence-corrected chi connectivity index (χ3v) is 3.92. The van der Waals surface area contributed by atoms with Gasteiger partial charge in [0.25, 0.3) is 0 Å². The van der Waals surface area contributed by atoms with Crippen LogP contribution >= 0.6 is 0 Å². The van der Waals surface area contributed by atoms with Crippen LogP contribution in [-0.2, 0) is 9.53 Å². The van der Waals surface area contributed by atoms with E-state index in [0.717, 1.165) is 0 Å². The standard InChI is InChI=1S/C20H24N6O5/c1-5-26(6-2)20(29)31-16-12-15(25-24-14-10-8-7-9-11-14)17(21-13(3)27)22-18(16)23-19(28)30-4/h7-12H,5-6H2,1-4H3,(H2,21,22,23,27,28)/b25-24+. The first kappa shape index (κ1) is 23.3. The number of carbonyl (C=O) groups excluding carboxylic acids is 3. The smallest absolute Gasteiger partial charge is 0.415 e. The fourth-order valence-electron chi connectivity index (χ4n) is 2.38. The fourth-order valence-corrected chi connectivity index (χ4v) is 2.38. The molecule has 11 heteroatoms. The zero-order valence-electron chi connectivity index (χ0n) is 17.7. The summed E-state index contributed by atoms with van der Waals surface area (Å²) < 4.78 is 10.0. The number of hydrogen-bond donors (Lipinski definition) is 2. The molecule has 0 spiro atoms. The Hall–Kier alpha value is -4.02. The molecule has 1 aromatic heterocycles. The molecule has 0 radical (unpaired) electrons. The number of aromatic nitrogens is 1. The van der Waals surface area contributed by atoms with Gasteiger partial charge in [-0.1, -0.05) is 18.2 Å². The van der Waals surface area contributed by atoms with Gasteiger partial charge in [0.1, 0.15) is 5.69 Å². The molecular formula is C20H24N6O5. The van der Waals surface area contributed by atoms with Crippen molar-refractivity contribution >= 4 is 41.1 Å². The molecule has 0 aliphatic carbocycles. The van der Waals surface area contributed by atoms with Gasteiger partial charge < -0.3 is 19.7 Å². The van der Waals surface area contributed by atoms with Crippen LogP contribution < -0.4 is 15.4 Å². The minimum Gasteiger partial charge on any atom is -0.453 e. The van der Waals surface area contributed by atoms with Crippen molar-refractivity contribution in [3.05, 3.63) is 36.4 Å². The van der Waals surface area contributed by atoms with E-state index in [1.54, 1.807) is 38.1 Å². The Morgan fingerprint density at radius 1 is 1.03 bits per heavy atom. The van der Waals surface area contributed by atoms with Gasteiger partial charge in [0.05, 0.1) is 12.8 Å². The highest BCUT2D eigenvalue weighted by Gasteiger charge is 2.21. The monoisotopic (exact) mass is 428 g/mol. The summed E-state index contributed by atoms with van der Waals surface area (Å²) in [5.74, 6) is -0.616. The van der Waals surface area contributed by atoms with E-state index in [0.29, 0.717) is 18.8 Å². The third kappa shape index (κ3) is 6.77. The summed E-state index contributed by atoms with van der Waals surface area (Å²) in [6, 6.07) is 10.2. The number of pyridine rings is 1. The number of azo groups is 1. The van der Waals surface area contributed by atoms with E-state index in [1.807, 2.05) is 6.07 Å². The van der Waals surface area contributed by atoms with E-state index in [9.17, 15) is 14.4 Å². The van der Waals surface area contributed by atoms with E-state index < -0.39 is 18.1 Å². The third-order valence-electron chi connectivity index (χ3n) is 3.92. The van der Waals surface area contributed by atoms with Crippen LogP contribution in [-0.4, -0.2) is 48.2 Å². The first-order valence-electron chi connectivity index (χ1n) is 9.49. The molecule has 2 rings (SSSR count). The number of hydrogen-bond acceptors (Lipinski definition) is 8. The Bertz CT molecular complexity index is 960. The summed E-state index contributed by atoms with van der Waals surface area (Å²) >= 11 is 0. The van der Waals surface area contributed by atoms with Crippen LogP contribution in [0.3, 0.4) is 0 Å². The Morgan fingerprint density at radius 2 is 1.71 bits per heavy atom. The molecule has 0 saturated heterocycles. The molecule has 3 amide bonds. The van der Waals surface area contributed by atoms with Gasteiger partial charge in [-0.05, 0) is 26.0 Å².